The van der Waals surface area contributed by atoms with Crippen molar-refractivity contribution in [3.63, 3.8) is 0 Å². The molecule has 7 heteroatoms. The summed E-state index contributed by atoms with van der Waals surface area (Å²) in [6.07, 6.45) is 5.81. The fraction of sp³-hybridized carbons (Fsp3) is 0.375. The molecule has 1 aliphatic rings. The fourth-order valence-electron chi connectivity index (χ4n) is 5.64. The van der Waals surface area contributed by atoms with E-state index < -0.39 is 0 Å². The lowest BCUT2D eigenvalue weighted by Gasteiger charge is -2.25. The number of fused-ring (bicyclic) bond motifs is 2. The van der Waals surface area contributed by atoms with Gasteiger partial charge in [-0.25, -0.2) is 0 Å². The molecule has 0 saturated carbocycles. The second kappa shape index (κ2) is 12.9. The van der Waals surface area contributed by atoms with Gasteiger partial charge in [0.2, 0.25) is 11.8 Å². The maximum atomic E-state index is 13.7. The summed E-state index contributed by atoms with van der Waals surface area (Å²) in [5.74, 6) is 0.148. The summed E-state index contributed by atoms with van der Waals surface area (Å²) < 4.78 is 0. The third-order valence-corrected chi connectivity index (χ3v) is 7.78. The Balaban J connectivity index is 1.25. The molecule has 2 atom stereocenters. The number of unbranched alkanes of at least 4 members (excludes halogenated alkanes) is 1. The zero-order valence-electron chi connectivity index (χ0n) is 22.7. The first-order valence-electron chi connectivity index (χ1n) is 14.1. The molecule has 1 aliphatic heterocycles. The van der Waals surface area contributed by atoms with Crippen molar-refractivity contribution in [3.8, 4) is 0 Å². The van der Waals surface area contributed by atoms with Crippen molar-refractivity contribution in [3.05, 3.63) is 84.1 Å². The number of aromatic nitrogens is 1. The molecule has 1 aromatic heterocycles. The van der Waals surface area contributed by atoms with E-state index in [1.807, 2.05) is 48.5 Å². The highest BCUT2D eigenvalue weighted by atomic mass is 16.2. The summed E-state index contributed by atoms with van der Waals surface area (Å²) in [6, 6.07) is 22.5. The van der Waals surface area contributed by atoms with Crippen LogP contribution in [0.15, 0.2) is 72.9 Å². The summed E-state index contributed by atoms with van der Waals surface area (Å²) in [4.78, 5) is 31.8. The lowest BCUT2D eigenvalue weighted by molar-refractivity contribution is -0.133. The van der Waals surface area contributed by atoms with Gasteiger partial charge in [-0.2, -0.15) is 0 Å². The quantitative estimate of drug-likeness (QED) is 0.222. The van der Waals surface area contributed by atoms with E-state index in [4.69, 9.17) is 0 Å². The number of nitrogens with one attached hydrogen (secondary N) is 4. The number of nitrogens with zero attached hydrogens (tertiary/aromatic N) is 1. The number of amides is 2. The van der Waals surface area contributed by atoms with E-state index >= 15 is 0 Å². The van der Waals surface area contributed by atoms with Crippen molar-refractivity contribution in [1.29, 1.82) is 0 Å². The monoisotopic (exact) mass is 525 g/mol. The van der Waals surface area contributed by atoms with E-state index in [0.29, 0.717) is 26.1 Å². The van der Waals surface area contributed by atoms with E-state index in [-0.39, 0.29) is 23.9 Å². The average Bonchev–Trinajstić information content (AvgIpc) is 3.30. The van der Waals surface area contributed by atoms with Crippen LogP contribution in [0.1, 0.15) is 36.8 Å². The van der Waals surface area contributed by atoms with Crippen molar-refractivity contribution < 1.29 is 9.59 Å². The Kier molecular flexibility index (Phi) is 8.91. The summed E-state index contributed by atoms with van der Waals surface area (Å²) in [5, 5.41) is 13.4. The van der Waals surface area contributed by atoms with E-state index in [0.717, 1.165) is 48.7 Å². The number of para-hydroxylation sites is 1. The van der Waals surface area contributed by atoms with Crippen LogP contribution in [0.3, 0.4) is 0 Å². The molecule has 5 rings (SSSR count). The first-order valence-corrected chi connectivity index (χ1v) is 14.1. The van der Waals surface area contributed by atoms with Crippen LogP contribution < -0.4 is 16.0 Å². The van der Waals surface area contributed by atoms with Crippen LogP contribution >= 0.6 is 0 Å². The summed E-state index contributed by atoms with van der Waals surface area (Å²) >= 11 is 0. The SMILES string of the molecule is CNCCCCC1NC(CNC(=O)Cc2c[nH]c3ccccc23)CCN(Cc2cccc3ccccc23)C1=O. The second-order valence-electron chi connectivity index (χ2n) is 10.5. The molecule has 1 saturated heterocycles. The zero-order chi connectivity index (χ0) is 27.0. The minimum atomic E-state index is -0.255. The lowest BCUT2D eigenvalue weighted by atomic mass is 10.0. The Hall–Kier alpha value is -3.68. The van der Waals surface area contributed by atoms with Crippen molar-refractivity contribution in [2.75, 3.05) is 26.7 Å². The topological polar surface area (TPSA) is 89.3 Å². The highest BCUT2D eigenvalue weighted by molar-refractivity contribution is 5.89. The maximum absolute atomic E-state index is 13.7. The van der Waals surface area contributed by atoms with Gasteiger partial charge in [0.15, 0.2) is 0 Å². The van der Waals surface area contributed by atoms with Gasteiger partial charge in [0.25, 0.3) is 0 Å². The van der Waals surface area contributed by atoms with Crippen LogP contribution in [0.5, 0.6) is 0 Å². The van der Waals surface area contributed by atoms with E-state index in [2.05, 4.69) is 57.3 Å². The maximum Gasteiger partial charge on any atom is 0.240 e. The zero-order valence-corrected chi connectivity index (χ0v) is 22.7. The molecule has 39 heavy (non-hydrogen) atoms. The van der Waals surface area contributed by atoms with Crippen LogP contribution in [-0.2, 0) is 22.6 Å². The molecular weight excluding hydrogens is 486 g/mol. The molecule has 3 aromatic carbocycles. The van der Waals surface area contributed by atoms with E-state index in [1.165, 1.54) is 16.3 Å². The molecule has 0 spiro atoms. The van der Waals surface area contributed by atoms with Crippen LogP contribution in [0, 0.1) is 0 Å². The van der Waals surface area contributed by atoms with Crippen LogP contribution in [0.2, 0.25) is 0 Å². The number of benzene rings is 3. The van der Waals surface area contributed by atoms with Crippen molar-refractivity contribution >= 4 is 33.5 Å². The van der Waals surface area contributed by atoms with Crippen molar-refractivity contribution in [1.82, 2.24) is 25.8 Å². The number of hydrogen-bond donors (Lipinski definition) is 4. The van der Waals surface area contributed by atoms with Gasteiger partial charge >= 0.3 is 0 Å². The summed E-state index contributed by atoms with van der Waals surface area (Å²) in [6.45, 7) is 2.69. The number of H-pyrrole nitrogens is 1. The summed E-state index contributed by atoms with van der Waals surface area (Å²) in [7, 11) is 1.95. The summed E-state index contributed by atoms with van der Waals surface area (Å²) in [5.41, 5.74) is 3.20. The first-order chi connectivity index (χ1) is 19.1. The van der Waals surface area contributed by atoms with Gasteiger partial charge < -0.3 is 25.8 Å². The Morgan fingerprint density at radius 1 is 0.974 bits per heavy atom. The molecule has 0 radical (unpaired) electrons. The second-order valence-corrected chi connectivity index (χ2v) is 10.5. The van der Waals surface area contributed by atoms with Gasteiger partial charge in [0.1, 0.15) is 0 Å². The Labute approximate surface area is 230 Å². The smallest absolute Gasteiger partial charge is 0.240 e. The highest BCUT2D eigenvalue weighted by Gasteiger charge is 2.31. The normalized spacial score (nSPS) is 18.0. The van der Waals surface area contributed by atoms with Gasteiger partial charge in [-0.15, -0.1) is 0 Å². The van der Waals surface area contributed by atoms with E-state index in [9.17, 15) is 9.59 Å². The molecule has 2 unspecified atom stereocenters. The standard InChI is InChI=1S/C32H39N5O2/c1-33-17-7-6-15-30-32(39)37(22-24-11-8-10-23-9-2-3-12-27(23)24)18-16-26(36-30)21-35-31(38)19-25-20-34-29-14-5-4-13-28(25)29/h2-5,8-14,20,26,30,33-34,36H,6-7,15-19,21-22H2,1H3,(H,35,38). The Bertz CT molecular complexity index is 1410. The van der Waals surface area contributed by atoms with Gasteiger partial charge in [0, 0.05) is 42.8 Å². The van der Waals surface area contributed by atoms with Gasteiger partial charge in [-0.1, -0.05) is 67.1 Å². The van der Waals surface area contributed by atoms with Gasteiger partial charge in [0.05, 0.1) is 12.5 Å². The molecule has 204 valence electrons. The predicted molar refractivity (Wildman–Crippen MR) is 157 cm³/mol. The molecule has 4 aromatic rings. The third-order valence-electron chi connectivity index (χ3n) is 7.78. The number of aromatic amines is 1. The van der Waals surface area contributed by atoms with Gasteiger partial charge in [-0.3, -0.25) is 9.59 Å². The van der Waals surface area contributed by atoms with Gasteiger partial charge in [-0.05, 0) is 60.8 Å². The molecular formula is C32H39N5O2. The minimum Gasteiger partial charge on any atom is -0.361 e. The number of rotatable bonds is 11. The molecule has 0 aliphatic carbocycles. The molecule has 2 heterocycles. The molecule has 0 bridgehead atoms. The van der Waals surface area contributed by atoms with Crippen LogP contribution in [0.4, 0.5) is 0 Å². The molecule has 4 N–H and O–H groups in total. The number of carbonyl (C=O) groups is 2. The van der Waals surface area contributed by atoms with E-state index in [1.54, 1.807) is 0 Å². The first kappa shape index (κ1) is 26.9. The van der Waals surface area contributed by atoms with Crippen LogP contribution in [-0.4, -0.2) is 60.5 Å². The number of hydrogen-bond acceptors (Lipinski definition) is 4. The Morgan fingerprint density at radius 3 is 2.64 bits per heavy atom. The van der Waals surface area contributed by atoms with Crippen molar-refractivity contribution in [2.45, 2.75) is 50.7 Å². The molecule has 2 amide bonds. The predicted octanol–water partition coefficient (Wildman–Crippen LogP) is 4.13. The largest absolute Gasteiger partial charge is 0.361 e. The minimum absolute atomic E-state index is 0.00434. The van der Waals surface area contributed by atoms with Crippen molar-refractivity contribution in [2.24, 2.45) is 0 Å². The Morgan fingerprint density at radius 2 is 1.77 bits per heavy atom. The highest BCUT2D eigenvalue weighted by Crippen LogP contribution is 2.22. The average molecular weight is 526 g/mol. The number of carbonyl (C=O) groups excluding carboxylic acids is 2. The molecule has 7 nitrogen and oxygen atoms in total. The third kappa shape index (κ3) is 6.67. The fourth-order valence-corrected chi connectivity index (χ4v) is 5.64. The molecule has 1 fully saturated rings. The van der Waals surface area contributed by atoms with Crippen LogP contribution in [0.25, 0.3) is 21.7 Å². The lowest BCUT2D eigenvalue weighted by Crippen LogP contribution is -2.48.